The smallest absolute Gasteiger partial charge is 0.404 e. The van der Waals surface area contributed by atoms with Gasteiger partial charge >= 0.3 is 6.09 Å². The molecule has 6 heteroatoms. The summed E-state index contributed by atoms with van der Waals surface area (Å²) in [6.45, 7) is 1.45. The van der Waals surface area contributed by atoms with Gasteiger partial charge < -0.3 is 25.6 Å². The van der Waals surface area contributed by atoms with E-state index in [4.69, 9.17) is 9.84 Å². The van der Waals surface area contributed by atoms with Gasteiger partial charge in [0, 0.05) is 6.04 Å². The molecule has 25 heavy (non-hydrogen) atoms. The van der Waals surface area contributed by atoms with Crippen LogP contribution in [0.2, 0.25) is 0 Å². The van der Waals surface area contributed by atoms with E-state index >= 15 is 0 Å². The molecule has 3 rings (SSSR count). The maximum Gasteiger partial charge on any atom is 0.404 e. The zero-order chi connectivity index (χ0) is 17.6. The highest BCUT2D eigenvalue weighted by Crippen LogP contribution is 2.37. The Hall–Kier alpha value is -1.79. The lowest BCUT2D eigenvalue weighted by Gasteiger charge is -2.35. The van der Waals surface area contributed by atoms with Gasteiger partial charge in [-0.2, -0.15) is 0 Å². The molecule has 1 amide bonds. The molecule has 0 unspecified atom stereocenters. The number of phenols is 1. The standard InChI is InChI=1S/C19H28N2O4/c22-18-6-2-1-4-15(18)13-7-9-14(10-8-13)25-12-17-16(21-19(23)24)5-3-11-20-17/h1-2,4,6,13-14,16-17,20-22H,3,5,7-12H2,(H,23,24)/t13?,14?,16-,17-/m0/s1. The lowest BCUT2D eigenvalue weighted by Crippen LogP contribution is -2.55. The Bertz CT molecular complexity index is 572. The minimum absolute atomic E-state index is 0.0424. The van der Waals surface area contributed by atoms with Crippen LogP contribution in [0.4, 0.5) is 4.79 Å². The van der Waals surface area contributed by atoms with Crippen LogP contribution >= 0.6 is 0 Å². The van der Waals surface area contributed by atoms with E-state index in [-0.39, 0.29) is 18.2 Å². The molecule has 1 aliphatic carbocycles. The van der Waals surface area contributed by atoms with Crippen LogP contribution < -0.4 is 10.6 Å². The summed E-state index contributed by atoms with van der Waals surface area (Å²) in [5.41, 5.74) is 1.04. The van der Waals surface area contributed by atoms with Crippen LogP contribution in [0, 0.1) is 0 Å². The molecule has 1 saturated heterocycles. The Labute approximate surface area is 148 Å². The summed E-state index contributed by atoms with van der Waals surface area (Å²) in [5.74, 6) is 0.788. The molecule has 0 radical (unpaired) electrons. The molecule has 138 valence electrons. The fraction of sp³-hybridized carbons (Fsp3) is 0.632. The largest absolute Gasteiger partial charge is 0.508 e. The third-order valence-electron chi connectivity index (χ3n) is 5.46. The highest BCUT2D eigenvalue weighted by Gasteiger charge is 2.29. The van der Waals surface area contributed by atoms with Crippen molar-refractivity contribution in [3.05, 3.63) is 29.8 Å². The topological polar surface area (TPSA) is 90.8 Å². The molecule has 1 aromatic rings. The number of ether oxygens (including phenoxy) is 1. The van der Waals surface area contributed by atoms with Gasteiger partial charge in [-0.05, 0) is 62.6 Å². The number of phenolic OH excluding ortho intramolecular Hbond substituents is 1. The fourth-order valence-electron chi connectivity index (χ4n) is 4.07. The predicted octanol–water partition coefficient (Wildman–Crippen LogP) is 2.82. The molecular weight excluding hydrogens is 320 g/mol. The first-order valence-corrected chi connectivity index (χ1v) is 9.26. The van der Waals surface area contributed by atoms with Gasteiger partial charge in [0.15, 0.2) is 0 Å². The van der Waals surface area contributed by atoms with E-state index in [9.17, 15) is 9.90 Å². The second kappa shape index (κ2) is 8.54. The van der Waals surface area contributed by atoms with Gasteiger partial charge in [-0.3, -0.25) is 0 Å². The average molecular weight is 348 g/mol. The number of hydrogen-bond donors (Lipinski definition) is 4. The van der Waals surface area contributed by atoms with Crippen LogP contribution in [0.3, 0.4) is 0 Å². The molecule has 0 spiro atoms. The normalized spacial score (nSPS) is 29.9. The van der Waals surface area contributed by atoms with Gasteiger partial charge in [-0.15, -0.1) is 0 Å². The predicted molar refractivity (Wildman–Crippen MR) is 95.0 cm³/mol. The Balaban J connectivity index is 1.46. The molecule has 1 saturated carbocycles. The first kappa shape index (κ1) is 18.0. The molecule has 2 fully saturated rings. The fourth-order valence-corrected chi connectivity index (χ4v) is 4.07. The maximum absolute atomic E-state index is 10.9. The van der Waals surface area contributed by atoms with E-state index in [1.807, 2.05) is 18.2 Å². The quantitative estimate of drug-likeness (QED) is 0.657. The molecular formula is C19H28N2O4. The van der Waals surface area contributed by atoms with E-state index in [2.05, 4.69) is 10.6 Å². The maximum atomic E-state index is 10.9. The number of rotatable bonds is 5. The molecule has 4 N–H and O–H groups in total. The molecule has 1 aromatic carbocycles. The second-order valence-electron chi connectivity index (χ2n) is 7.12. The summed E-state index contributed by atoms with van der Waals surface area (Å²) in [6, 6.07) is 7.55. The molecule has 6 nitrogen and oxygen atoms in total. The van der Waals surface area contributed by atoms with Crippen molar-refractivity contribution in [2.24, 2.45) is 0 Å². The van der Waals surface area contributed by atoms with Crippen LogP contribution in [0.15, 0.2) is 24.3 Å². The summed E-state index contributed by atoms with van der Waals surface area (Å²) < 4.78 is 6.09. The van der Waals surface area contributed by atoms with Crippen molar-refractivity contribution < 1.29 is 19.7 Å². The lowest BCUT2D eigenvalue weighted by atomic mass is 9.82. The van der Waals surface area contributed by atoms with Crippen molar-refractivity contribution in [2.75, 3.05) is 13.2 Å². The van der Waals surface area contributed by atoms with E-state index in [1.165, 1.54) is 0 Å². The van der Waals surface area contributed by atoms with Crippen LogP contribution in [0.5, 0.6) is 5.75 Å². The van der Waals surface area contributed by atoms with E-state index in [0.717, 1.165) is 50.6 Å². The first-order valence-electron chi connectivity index (χ1n) is 9.26. The molecule has 1 aliphatic heterocycles. The lowest BCUT2D eigenvalue weighted by molar-refractivity contribution is 0.00400. The summed E-state index contributed by atoms with van der Waals surface area (Å²) in [4.78, 5) is 10.9. The number of hydrogen-bond acceptors (Lipinski definition) is 4. The molecule has 0 aromatic heterocycles. The number of carboxylic acid groups (broad SMARTS) is 1. The van der Waals surface area contributed by atoms with Crippen molar-refractivity contribution in [3.8, 4) is 5.75 Å². The van der Waals surface area contributed by atoms with Gasteiger partial charge in [-0.1, -0.05) is 18.2 Å². The highest BCUT2D eigenvalue weighted by molar-refractivity contribution is 5.65. The number of aromatic hydroxyl groups is 1. The van der Waals surface area contributed by atoms with Gasteiger partial charge in [0.2, 0.25) is 0 Å². The average Bonchev–Trinajstić information content (AvgIpc) is 2.61. The van der Waals surface area contributed by atoms with Gasteiger partial charge in [0.1, 0.15) is 5.75 Å². The summed E-state index contributed by atoms with van der Waals surface area (Å²) in [5, 5.41) is 24.9. The molecule has 2 atom stereocenters. The van der Waals surface area contributed by atoms with Crippen LogP contribution in [0.1, 0.15) is 50.0 Å². The Morgan fingerprint density at radius 3 is 2.68 bits per heavy atom. The zero-order valence-electron chi connectivity index (χ0n) is 14.5. The van der Waals surface area contributed by atoms with Crippen LogP contribution in [0.25, 0.3) is 0 Å². The van der Waals surface area contributed by atoms with Crippen molar-refractivity contribution in [3.63, 3.8) is 0 Å². The Kier molecular flexibility index (Phi) is 6.15. The number of amides is 1. The Morgan fingerprint density at radius 1 is 1.20 bits per heavy atom. The summed E-state index contributed by atoms with van der Waals surface area (Å²) in [6.07, 6.45) is 5.05. The first-order chi connectivity index (χ1) is 12.1. The SMILES string of the molecule is O=C(O)N[C@H]1CCCN[C@H]1COC1CCC(c2ccccc2O)CC1. The van der Waals surface area contributed by atoms with E-state index in [1.54, 1.807) is 6.07 Å². The monoisotopic (exact) mass is 348 g/mol. The molecule has 1 heterocycles. The summed E-state index contributed by atoms with van der Waals surface area (Å²) >= 11 is 0. The minimum Gasteiger partial charge on any atom is -0.508 e. The zero-order valence-corrected chi connectivity index (χ0v) is 14.5. The number of benzene rings is 1. The van der Waals surface area contributed by atoms with Gasteiger partial charge in [0.25, 0.3) is 0 Å². The molecule has 2 aliphatic rings. The third kappa shape index (κ3) is 4.86. The summed E-state index contributed by atoms with van der Waals surface area (Å²) in [7, 11) is 0. The minimum atomic E-state index is -0.970. The third-order valence-corrected chi connectivity index (χ3v) is 5.46. The van der Waals surface area contributed by atoms with Crippen molar-refractivity contribution in [1.82, 2.24) is 10.6 Å². The van der Waals surface area contributed by atoms with E-state index < -0.39 is 6.09 Å². The number of carbonyl (C=O) groups is 1. The second-order valence-corrected chi connectivity index (χ2v) is 7.12. The van der Waals surface area contributed by atoms with Crippen LogP contribution in [-0.2, 0) is 4.74 Å². The van der Waals surface area contributed by atoms with Crippen molar-refractivity contribution in [2.45, 2.75) is 62.6 Å². The number of para-hydroxylation sites is 1. The highest BCUT2D eigenvalue weighted by atomic mass is 16.5. The van der Waals surface area contributed by atoms with E-state index in [0.29, 0.717) is 18.3 Å². The van der Waals surface area contributed by atoms with Crippen molar-refractivity contribution >= 4 is 6.09 Å². The number of nitrogens with one attached hydrogen (secondary N) is 2. The van der Waals surface area contributed by atoms with Gasteiger partial charge in [0.05, 0.1) is 18.8 Å². The van der Waals surface area contributed by atoms with Crippen LogP contribution in [-0.4, -0.2) is 47.6 Å². The van der Waals surface area contributed by atoms with Gasteiger partial charge in [-0.25, -0.2) is 4.79 Å². The van der Waals surface area contributed by atoms with Crippen molar-refractivity contribution in [1.29, 1.82) is 0 Å². The number of piperidine rings is 1. The Morgan fingerprint density at radius 2 is 1.96 bits per heavy atom. The molecule has 0 bridgehead atoms.